The summed E-state index contributed by atoms with van der Waals surface area (Å²) in [6, 6.07) is 0. The highest BCUT2D eigenvalue weighted by Gasteiger charge is 2.01. The van der Waals surface area contributed by atoms with Crippen LogP contribution in [0.3, 0.4) is 0 Å². The zero-order valence-corrected chi connectivity index (χ0v) is 4.90. The topological polar surface area (TPSA) is 17.1 Å². The molecule has 0 amide bonds. The summed E-state index contributed by atoms with van der Waals surface area (Å²) in [5.74, 6) is 0.384. The highest BCUT2D eigenvalue weighted by atomic mass is 16.1. The van der Waals surface area contributed by atoms with E-state index in [4.69, 9.17) is 0 Å². The van der Waals surface area contributed by atoms with Crippen molar-refractivity contribution in [3.63, 3.8) is 0 Å². The van der Waals surface area contributed by atoms with Gasteiger partial charge in [0.15, 0.2) is 0 Å². The molecule has 0 heterocycles. The monoisotopic (exact) mass is 99.1 g/mol. The molecule has 0 fully saturated rings. The molecule has 0 aliphatic carbocycles. The minimum Gasteiger partial charge on any atom is -0.300 e. The van der Waals surface area contributed by atoms with E-state index >= 15 is 0 Å². The van der Waals surface area contributed by atoms with Crippen LogP contribution in [0, 0.1) is 12.8 Å². The predicted octanol–water partition coefficient (Wildman–Crippen LogP) is 1.44. The van der Waals surface area contributed by atoms with Gasteiger partial charge in [-0.25, -0.2) is 0 Å². The first kappa shape index (κ1) is 6.67. The Labute approximate surface area is 44.7 Å². The summed E-state index contributed by atoms with van der Waals surface area (Å²) in [5, 5.41) is 0. The van der Waals surface area contributed by atoms with Crippen LogP contribution in [0.1, 0.15) is 20.3 Å². The first-order chi connectivity index (χ1) is 3.18. The molecule has 0 aromatic rings. The lowest BCUT2D eigenvalue weighted by atomic mass is 10.1. The van der Waals surface area contributed by atoms with Gasteiger partial charge in [-0.1, -0.05) is 13.8 Å². The molecule has 0 rings (SSSR count). The SMILES string of the molecule is [CH2]CC(C)C(C)=O. The summed E-state index contributed by atoms with van der Waals surface area (Å²) < 4.78 is 0. The van der Waals surface area contributed by atoms with E-state index in [2.05, 4.69) is 6.92 Å². The van der Waals surface area contributed by atoms with Gasteiger partial charge in [-0.2, -0.15) is 0 Å². The fourth-order valence-electron chi connectivity index (χ4n) is 0.203. The van der Waals surface area contributed by atoms with Crippen molar-refractivity contribution in [1.82, 2.24) is 0 Å². The molecule has 0 aromatic heterocycles. The second-order valence-corrected chi connectivity index (χ2v) is 1.80. The first-order valence-corrected chi connectivity index (χ1v) is 2.48. The molecule has 1 heteroatoms. The molecule has 0 bridgehead atoms. The van der Waals surface area contributed by atoms with E-state index in [0.29, 0.717) is 0 Å². The van der Waals surface area contributed by atoms with E-state index in [1.807, 2.05) is 6.92 Å². The van der Waals surface area contributed by atoms with Gasteiger partial charge in [0, 0.05) is 5.92 Å². The van der Waals surface area contributed by atoms with Crippen LogP contribution in [-0.4, -0.2) is 5.78 Å². The van der Waals surface area contributed by atoms with Gasteiger partial charge < -0.3 is 0 Å². The molecule has 0 saturated heterocycles. The van der Waals surface area contributed by atoms with E-state index in [1.54, 1.807) is 6.92 Å². The van der Waals surface area contributed by atoms with Crippen LogP contribution in [0.4, 0.5) is 0 Å². The van der Waals surface area contributed by atoms with E-state index in [1.165, 1.54) is 0 Å². The summed E-state index contributed by atoms with van der Waals surface area (Å²) in [4.78, 5) is 10.3. The number of hydrogen-bond donors (Lipinski definition) is 0. The Bertz CT molecular complexity index is 66.6. The lowest BCUT2D eigenvalue weighted by Gasteiger charge is -1.98. The maximum absolute atomic E-state index is 10.3. The summed E-state index contributed by atoms with van der Waals surface area (Å²) in [5.41, 5.74) is 0. The quantitative estimate of drug-likeness (QED) is 0.512. The van der Waals surface area contributed by atoms with Gasteiger partial charge in [-0.3, -0.25) is 4.79 Å². The van der Waals surface area contributed by atoms with Crippen molar-refractivity contribution >= 4 is 5.78 Å². The third-order valence-corrected chi connectivity index (χ3v) is 1.13. The van der Waals surface area contributed by atoms with Crippen LogP contribution in [0.25, 0.3) is 0 Å². The average molecular weight is 99.2 g/mol. The van der Waals surface area contributed by atoms with Crippen molar-refractivity contribution in [2.45, 2.75) is 20.3 Å². The zero-order chi connectivity index (χ0) is 5.86. The lowest BCUT2D eigenvalue weighted by molar-refractivity contribution is -0.120. The average Bonchev–Trinajstić information content (AvgIpc) is 1.65. The number of Topliss-reactive ketones (excluding diaryl/α,β-unsaturated/α-hetero) is 1. The molecule has 1 atom stereocenters. The number of rotatable bonds is 2. The minimum absolute atomic E-state index is 0.153. The third-order valence-electron chi connectivity index (χ3n) is 1.13. The zero-order valence-electron chi connectivity index (χ0n) is 4.90. The van der Waals surface area contributed by atoms with Crippen molar-refractivity contribution < 1.29 is 4.79 Å². The largest absolute Gasteiger partial charge is 0.300 e. The Morgan fingerprint density at radius 3 is 2.29 bits per heavy atom. The van der Waals surface area contributed by atoms with Crippen molar-refractivity contribution in [3.8, 4) is 0 Å². The number of carbonyl (C=O) groups is 1. The molecule has 0 spiro atoms. The molecule has 0 aliphatic heterocycles. The van der Waals surface area contributed by atoms with Crippen molar-refractivity contribution in [2.24, 2.45) is 5.92 Å². The first-order valence-electron chi connectivity index (χ1n) is 2.48. The van der Waals surface area contributed by atoms with Crippen molar-refractivity contribution in [1.29, 1.82) is 0 Å². The van der Waals surface area contributed by atoms with Crippen molar-refractivity contribution in [2.75, 3.05) is 0 Å². The van der Waals surface area contributed by atoms with E-state index in [-0.39, 0.29) is 11.7 Å². The maximum atomic E-state index is 10.3. The lowest BCUT2D eigenvalue weighted by Crippen LogP contribution is -2.03. The van der Waals surface area contributed by atoms with E-state index in [0.717, 1.165) is 6.42 Å². The summed E-state index contributed by atoms with van der Waals surface area (Å²) in [6.45, 7) is 7.06. The predicted molar refractivity (Wildman–Crippen MR) is 29.8 cm³/mol. The molecule has 0 aliphatic rings. The summed E-state index contributed by atoms with van der Waals surface area (Å²) >= 11 is 0. The van der Waals surface area contributed by atoms with E-state index < -0.39 is 0 Å². The Morgan fingerprint density at radius 2 is 2.29 bits per heavy atom. The van der Waals surface area contributed by atoms with Crippen LogP contribution >= 0.6 is 0 Å². The van der Waals surface area contributed by atoms with Crippen LogP contribution in [0.15, 0.2) is 0 Å². The molecule has 7 heavy (non-hydrogen) atoms. The molecule has 1 nitrogen and oxygen atoms in total. The molecule has 0 aromatic carbocycles. The van der Waals surface area contributed by atoms with Gasteiger partial charge >= 0.3 is 0 Å². The number of ketones is 1. The van der Waals surface area contributed by atoms with Gasteiger partial charge in [0.25, 0.3) is 0 Å². The fraction of sp³-hybridized carbons (Fsp3) is 0.667. The van der Waals surface area contributed by atoms with Gasteiger partial charge in [0.1, 0.15) is 5.78 Å². The minimum atomic E-state index is 0.153. The molecular formula is C6H11O. The molecule has 1 radical (unpaired) electrons. The Balaban J connectivity index is 3.34. The van der Waals surface area contributed by atoms with E-state index in [9.17, 15) is 4.79 Å². The highest BCUT2D eigenvalue weighted by molar-refractivity contribution is 5.77. The molecule has 0 saturated carbocycles. The van der Waals surface area contributed by atoms with Crippen LogP contribution in [0.2, 0.25) is 0 Å². The number of hydrogen-bond acceptors (Lipinski definition) is 1. The van der Waals surface area contributed by atoms with Gasteiger partial charge in [-0.15, -0.1) is 0 Å². The van der Waals surface area contributed by atoms with Crippen molar-refractivity contribution in [3.05, 3.63) is 6.92 Å². The van der Waals surface area contributed by atoms with Crippen LogP contribution in [0.5, 0.6) is 0 Å². The summed E-state index contributed by atoms with van der Waals surface area (Å²) in [6.07, 6.45) is 0.718. The van der Waals surface area contributed by atoms with Gasteiger partial charge in [0.05, 0.1) is 0 Å². The Kier molecular flexibility index (Phi) is 2.65. The smallest absolute Gasteiger partial charge is 0.132 e. The number of carbonyl (C=O) groups excluding carboxylic acids is 1. The summed E-state index contributed by atoms with van der Waals surface area (Å²) in [7, 11) is 0. The second-order valence-electron chi connectivity index (χ2n) is 1.80. The van der Waals surface area contributed by atoms with Crippen LogP contribution < -0.4 is 0 Å². The molecule has 1 unspecified atom stereocenters. The Morgan fingerprint density at radius 1 is 1.86 bits per heavy atom. The van der Waals surface area contributed by atoms with Crippen LogP contribution in [-0.2, 0) is 4.79 Å². The van der Waals surface area contributed by atoms with Gasteiger partial charge in [-0.05, 0) is 13.3 Å². The highest BCUT2D eigenvalue weighted by Crippen LogP contribution is 1.98. The maximum Gasteiger partial charge on any atom is 0.132 e. The third kappa shape index (κ3) is 2.38. The molecular weight excluding hydrogens is 88.1 g/mol. The fourth-order valence-corrected chi connectivity index (χ4v) is 0.203. The molecule has 0 N–H and O–H groups in total. The second kappa shape index (κ2) is 2.78. The normalized spacial score (nSPS) is 13.6. The molecule has 41 valence electrons. The standard InChI is InChI=1S/C6H11O/c1-4-5(2)6(3)7/h5H,1,4H2,2-3H3. The van der Waals surface area contributed by atoms with Gasteiger partial charge in [0.2, 0.25) is 0 Å². The Hall–Kier alpha value is -0.330.